The lowest BCUT2D eigenvalue weighted by atomic mass is 10.0. The minimum atomic E-state index is -0.164. The number of fused-ring (bicyclic) bond motifs is 1. The quantitative estimate of drug-likeness (QED) is 0.807. The average Bonchev–Trinajstić information content (AvgIpc) is 3.02. The fourth-order valence-corrected chi connectivity index (χ4v) is 3.27. The molecule has 0 aliphatic carbocycles. The van der Waals surface area contributed by atoms with Gasteiger partial charge in [-0.3, -0.25) is 19.3 Å². The predicted octanol–water partition coefficient (Wildman–Crippen LogP) is -0.0602. The van der Waals surface area contributed by atoms with Crippen molar-refractivity contribution in [3.05, 3.63) is 35.5 Å². The summed E-state index contributed by atoms with van der Waals surface area (Å²) in [7, 11) is 1.89. The minimum Gasteiger partial charge on any atom is -0.470 e. The lowest BCUT2D eigenvalue weighted by molar-refractivity contribution is -0.125. The number of hydrogen-bond acceptors (Lipinski definition) is 7. The highest BCUT2D eigenvalue weighted by Crippen LogP contribution is 2.24. The topological polar surface area (TPSA) is 115 Å². The molecule has 140 valence electrons. The van der Waals surface area contributed by atoms with Crippen molar-refractivity contribution in [3.8, 4) is 5.88 Å². The van der Waals surface area contributed by atoms with Crippen LogP contribution in [0.3, 0.4) is 0 Å². The van der Waals surface area contributed by atoms with Gasteiger partial charge in [0.15, 0.2) is 0 Å². The van der Waals surface area contributed by atoms with E-state index < -0.39 is 0 Å². The molecular formula is C17H19N7O3. The Morgan fingerprint density at radius 3 is 2.93 bits per heavy atom. The monoisotopic (exact) mass is 369 g/mol. The molecule has 2 aromatic rings. The van der Waals surface area contributed by atoms with Gasteiger partial charge in [-0.2, -0.15) is 10.2 Å². The number of ether oxygens (including phenoxy) is 1. The number of hydrogen-bond donors (Lipinski definition) is 1. The number of nitrogens with zero attached hydrogens (tertiary/aromatic N) is 6. The Balaban J connectivity index is 1.49. The third-order valence-electron chi connectivity index (χ3n) is 4.66. The van der Waals surface area contributed by atoms with Gasteiger partial charge >= 0.3 is 0 Å². The summed E-state index contributed by atoms with van der Waals surface area (Å²) in [6.07, 6.45) is 6.04. The molecule has 0 atom stereocenters. The molecule has 1 N–H and O–H groups in total. The Hall–Kier alpha value is -3.30. The Morgan fingerprint density at radius 2 is 2.19 bits per heavy atom. The van der Waals surface area contributed by atoms with Gasteiger partial charge in [-0.05, 0) is 0 Å². The fraction of sp³-hybridized carbons (Fsp3) is 0.412. The van der Waals surface area contributed by atoms with Crippen LogP contribution in [0.1, 0.15) is 29.8 Å². The number of rotatable bonds is 4. The number of nitrogens with one attached hydrogen (secondary N) is 1. The van der Waals surface area contributed by atoms with Gasteiger partial charge in [0.1, 0.15) is 18.0 Å². The van der Waals surface area contributed by atoms with E-state index in [4.69, 9.17) is 4.74 Å². The smallest absolute Gasteiger partial charge is 0.270 e. The lowest BCUT2D eigenvalue weighted by Crippen LogP contribution is -2.42. The molecule has 0 radical (unpaired) electrons. The molecule has 4 heterocycles. The number of carbonyl (C=O) groups is 2. The van der Waals surface area contributed by atoms with E-state index in [9.17, 15) is 9.59 Å². The van der Waals surface area contributed by atoms with Crippen LogP contribution >= 0.6 is 0 Å². The van der Waals surface area contributed by atoms with Gasteiger partial charge in [-0.25, -0.2) is 10.4 Å². The van der Waals surface area contributed by atoms with E-state index in [1.807, 2.05) is 11.7 Å². The largest absolute Gasteiger partial charge is 0.470 e. The normalized spacial score (nSPS) is 16.4. The zero-order valence-electron chi connectivity index (χ0n) is 14.9. The SMILES string of the molecule is Cn1nc(COc2cnccn2)c2c1CCN(C(=O)C1=NNC(=O)CC1)C2. The molecule has 10 heteroatoms. The van der Waals surface area contributed by atoms with Crippen LogP contribution in [0.4, 0.5) is 0 Å². The number of aryl methyl sites for hydroxylation is 1. The highest BCUT2D eigenvalue weighted by molar-refractivity contribution is 6.39. The van der Waals surface area contributed by atoms with Crippen LogP contribution in [0.25, 0.3) is 0 Å². The molecule has 0 saturated carbocycles. The first-order chi connectivity index (χ1) is 13.1. The van der Waals surface area contributed by atoms with Crippen LogP contribution in [0.15, 0.2) is 23.7 Å². The molecule has 27 heavy (non-hydrogen) atoms. The maximum atomic E-state index is 12.7. The van der Waals surface area contributed by atoms with Crippen molar-refractivity contribution >= 4 is 17.5 Å². The molecule has 4 rings (SSSR count). The molecule has 0 aromatic carbocycles. The van der Waals surface area contributed by atoms with Crippen molar-refractivity contribution in [2.45, 2.75) is 32.4 Å². The molecule has 0 saturated heterocycles. The summed E-state index contributed by atoms with van der Waals surface area (Å²) in [6, 6.07) is 0. The molecule has 10 nitrogen and oxygen atoms in total. The highest BCUT2D eigenvalue weighted by atomic mass is 16.5. The van der Waals surface area contributed by atoms with Crippen molar-refractivity contribution < 1.29 is 14.3 Å². The van der Waals surface area contributed by atoms with Gasteiger partial charge < -0.3 is 9.64 Å². The second-order valence-electron chi connectivity index (χ2n) is 6.40. The summed E-state index contributed by atoms with van der Waals surface area (Å²) < 4.78 is 7.51. The lowest BCUT2D eigenvalue weighted by Gasteiger charge is -2.28. The highest BCUT2D eigenvalue weighted by Gasteiger charge is 2.30. The summed E-state index contributed by atoms with van der Waals surface area (Å²) in [5.74, 6) is 0.112. The fourth-order valence-electron chi connectivity index (χ4n) is 3.27. The van der Waals surface area contributed by atoms with E-state index in [1.165, 1.54) is 0 Å². The number of aromatic nitrogens is 4. The molecule has 0 unspecified atom stereocenters. The molecule has 2 aliphatic heterocycles. The minimum absolute atomic E-state index is 0.148. The first-order valence-corrected chi connectivity index (χ1v) is 8.69. The summed E-state index contributed by atoms with van der Waals surface area (Å²) in [5.41, 5.74) is 5.62. The molecule has 2 aliphatic rings. The summed E-state index contributed by atoms with van der Waals surface area (Å²) in [6.45, 7) is 1.28. The third kappa shape index (κ3) is 3.50. The average molecular weight is 369 g/mol. The van der Waals surface area contributed by atoms with Crippen LogP contribution in [-0.2, 0) is 36.2 Å². The Kier molecular flexibility index (Phi) is 4.53. The number of carbonyl (C=O) groups excluding carboxylic acids is 2. The second kappa shape index (κ2) is 7.14. The maximum Gasteiger partial charge on any atom is 0.270 e. The Labute approximate surface area is 155 Å². The Bertz CT molecular complexity index is 907. The number of hydrazone groups is 1. The van der Waals surface area contributed by atoms with Crippen LogP contribution in [0.5, 0.6) is 5.88 Å². The molecule has 2 amide bonds. The summed E-state index contributed by atoms with van der Waals surface area (Å²) >= 11 is 0. The Morgan fingerprint density at radius 1 is 1.30 bits per heavy atom. The van der Waals surface area contributed by atoms with Gasteiger partial charge in [0.05, 0.1) is 6.20 Å². The van der Waals surface area contributed by atoms with Gasteiger partial charge in [-0.1, -0.05) is 0 Å². The zero-order chi connectivity index (χ0) is 18.8. The molecule has 0 bridgehead atoms. The van der Waals surface area contributed by atoms with Gasteiger partial charge in [0.25, 0.3) is 5.91 Å². The van der Waals surface area contributed by atoms with Crippen molar-refractivity contribution in [3.63, 3.8) is 0 Å². The van der Waals surface area contributed by atoms with Crippen LogP contribution in [0, 0.1) is 0 Å². The zero-order valence-corrected chi connectivity index (χ0v) is 14.9. The maximum absolute atomic E-state index is 12.7. The van der Waals surface area contributed by atoms with Crippen molar-refractivity contribution in [2.75, 3.05) is 6.54 Å². The van der Waals surface area contributed by atoms with Crippen molar-refractivity contribution in [1.29, 1.82) is 0 Å². The summed E-state index contributed by atoms with van der Waals surface area (Å²) in [4.78, 5) is 33.8. The predicted molar refractivity (Wildman–Crippen MR) is 93.5 cm³/mol. The van der Waals surface area contributed by atoms with E-state index in [0.29, 0.717) is 37.5 Å². The van der Waals surface area contributed by atoms with Gasteiger partial charge in [0, 0.05) is 63.1 Å². The molecular weight excluding hydrogens is 350 g/mol. The van der Waals surface area contributed by atoms with Gasteiger partial charge in [-0.15, -0.1) is 0 Å². The molecule has 0 fully saturated rings. The van der Waals surface area contributed by atoms with Crippen LogP contribution < -0.4 is 10.2 Å². The third-order valence-corrected chi connectivity index (χ3v) is 4.66. The van der Waals surface area contributed by atoms with E-state index in [-0.39, 0.29) is 24.8 Å². The van der Waals surface area contributed by atoms with E-state index >= 15 is 0 Å². The standard InChI is InChI=1S/C17H19N7O3/c1-23-14-4-7-24(17(26)12-2-3-15(25)21-20-12)9-11(14)13(22-23)10-27-16-8-18-5-6-19-16/h5-6,8H,2-4,7,9-10H2,1H3,(H,21,25). The van der Waals surface area contributed by atoms with E-state index in [0.717, 1.165) is 17.0 Å². The van der Waals surface area contributed by atoms with Gasteiger partial charge in [0.2, 0.25) is 11.8 Å². The van der Waals surface area contributed by atoms with Crippen molar-refractivity contribution in [1.82, 2.24) is 30.1 Å². The summed E-state index contributed by atoms with van der Waals surface area (Å²) in [5, 5.41) is 8.45. The van der Waals surface area contributed by atoms with E-state index in [2.05, 4.69) is 25.6 Å². The van der Waals surface area contributed by atoms with Crippen molar-refractivity contribution in [2.24, 2.45) is 12.1 Å². The van der Waals surface area contributed by atoms with E-state index in [1.54, 1.807) is 23.5 Å². The second-order valence-corrected chi connectivity index (χ2v) is 6.40. The number of amides is 2. The molecule has 2 aromatic heterocycles. The first-order valence-electron chi connectivity index (χ1n) is 8.69. The van der Waals surface area contributed by atoms with Crippen LogP contribution in [0.2, 0.25) is 0 Å². The molecule has 0 spiro atoms. The first kappa shape index (κ1) is 17.1. The van der Waals surface area contributed by atoms with Crippen LogP contribution in [-0.4, -0.2) is 48.7 Å².